The van der Waals surface area contributed by atoms with Gasteiger partial charge in [0.15, 0.2) is 11.5 Å². The van der Waals surface area contributed by atoms with Crippen molar-refractivity contribution in [1.82, 2.24) is 10.6 Å². The Hall–Kier alpha value is -4.02. The Morgan fingerprint density at radius 2 is 1.49 bits per heavy atom. The van der Waals surface area contributed by atoms with Crippen LogP contribution in [0.15, 0.2) is 72.8 Å². The van der Waals surface area contributed by atoms with Crippen LogP contribution in [0.1, 0.15) is 32.8 Å². The quantitative estimate of drug-likeness (QED) is 0.191. The van der Waals surface area contributed by atoms with Gasteiger partial charge in [0.05, 0.1) is 20.2 Å². The number of ether oxygens (including phenoxy) is 2. The van der Waals surface area contributed by atoms with Crippen LogP contribution in [0.4, 0.5) is 5.69 Å². The number of methoxy groups -OCH3 is 2. The zero-order valence-electron chi connectivity index (χ0n) is 24.3. The van der Waals surface area contributed by atoms with E-state index in [-0.39, 0.29) is 5.92 Å². The molecular formula is C31H40BN3O6. The lowest BCUT2D eigenvalue weighted by molar-refractivity contribution is -0.129. The topological polar surface area (TPSA) is 129 Å². The molecule has 0 aliphatic rings. The van der Waals surface area contributed by atoms with Crippen LogP contribution in [0.25, 0.3) is 11.1 Å². The van der Waals surface area contributed by atoms with Gasteiger partial charge in [0, 0.05) is 12.1 Å². The second-order valence-corrected chi connectivity index (χ2v) is 10.4. The summed E-state index contributed by atoms with van der Waals surface area (Å²) in [6.07, 6.45) is 0.673. The lowest BCUT2D eigenvalue weighted by Gasteiger charge is -2.25. The lowest BCUT2D eigenvalue weighted by Crippen LogP contribution is -2.55. The molecule has 0 saturated carbocycles. The Bertz CT molecular complexity index is 1290. The predicted molar refractivity (Wildman–Crippen MR) is 162 cm³/mol. The predicted octanol–water partition coefficient (Wildman–Crippen LogP) is 3.44. The van der Waals surface area contributed by atoms with E-state index in [0.717, 1.165) is 22.4 Å². The molecule has 2 amide bonds. The molecule has 0 aliphatic carbocycles. The van der Waals surface area contributed by atoms with Crippen LogP contribution in [0, 0.1) is 5.92 Å². The maximum atomic E-state index is 13.6. The van der Waals surface area contributed by atoms with Gasteiger partial charge in [-0.3, -0.25) is 9.59 Å². The molecule has 9 nitrogen and oxygen atoms in total. The minimum atomic E-state index is -1.71. The van der Waals surface area contributed by atoms with Gasteiger partial charge in [0.25, 0.3) is 0 Å². The highest BCUT2D eigenvalue weighted by Gasteiger charge is 2.29. The Kier molecular flexibility index (Phi) is 11.6. The van der Waals surface area contributed by atoms with E-state index in [4.69, 9.17) is 9.47 Å². The van der Waals surface area contributed by atoms with Gasteiger partial charge in [-0.1, -0.05) is 62.4 Å². The first-order valence-electron chi connectivity index (χ1n) is 13.7. The molecule has 5 N–H and O–H groups in total. The molecule has 0 aromatic heterocycles. The maximum Gasteiger partial charge on any atom is 0.475 e. The number of carbonyl (C=O) groups is 2. The highest BCUT2D eigenvalue weighted by Crippen LogP contribution is 2.29. The van der Waals surface area contributed by atoms with E-state index < -0.39 is 37.0 Å². The summed E-state index contributed by atoms with van der Waals surface area (Å²) >= 11 is 0. The van der Waals surface area contributed by atoms with E-state index in [9.17, 15) is 19.6 Å². The van der Waals surface area contributed by atoms with E-state index in [2.05, 4.69) is 16.0 Å². The maximum absolute atomic E-state index is 13.6. The molecule has 3 aromatic carbocycles. The molecule has 0 fully saturated rings. The highest BCUT2D eigenvalue weighted by atomic mass is 16.5. The molecule has 0 unspecified atom stereocenters. The largest absolute Gasteiger partial charge is 0.493 e. The van der Waals surface area contributed by atoms with E-state index in [1.807, 2.05) is 80.6 Å². The number of hydrogen-bond donors (Lipinski definition) is 5. The molecule has 0 bridgehead atoms. The molecule has 3 aromatic rings. The van der Waals surface area contributed by atoms with Gasteiger partial charge in [0.1, 0.15) is 12.1 Å². The molecule has 0 saturated heterocycles. The third-order valence-electron chi connectivity index (χ3n) is 6.68. The SMILES string of the molecule is COc1ccc(C[C@H](Nc2cccc(-c3ccccc3)c2)C(=O)N[C@@H](C)C(=O)N[C@H](CC(C)C)B(O)O)cc1OC. The number of nitrogens with one attached hydrogen (secondary N) is 3. The standard InChI is InChI=1S/C31H40BN3O6/c1-20(2)16-29(32(38)39)35-30(36)21(3)33-31(37)26(17-22-14-15-27(40-4)28(18-22)41-5)34-25-13-9-12-24(19-25)23-10-7-6-8-11-23/h6-15,18-21,26,29,34,38-39H,16-17H2,1-5H3,(H,33,37)(H,35,36)/t21-,26-,29+/m0/s1. The highest BCUT2D eigenvalue weighted by molar-refractivity contribution is 6.43. The van der Waals surface area contributed by atoms with Gasteiger partial charge in [0.2, 0.25) is 11.8 Å². The first kappa shape index (κ1) is 31.5. The molecular weight excluding hydrogens is 521 g/mol. The fourth-order valence-electron chi connectivity index (χ4n) is 4.52. The van der Waals surface area contributed by atoms with E-state index in [1.165, 1.54) is 0 Å². The summed E-state index contributed by atoms with van der Waals surface area (Å²) in [6.45, 7) is 5.40. The number of anilines is 1. The number of rotatable bonds is 14. The molecule has 41 heavy (non-hydrogen) atoms. The fourth-order valence-corrected chi connectivity index (χ4v) is 4.52. The molecule has 0 heterocycles. The molecule has 0 radical (unpaired) electrons. The van der Waals surface area contributed by atoms with Crippen molar-refractivity contribution in [2.45, 2.75) is 51.6 Å². The molecule has 10 heteroatoms. The van der Waals surface area contributed by atoms with Crippen LogP contribution in [0.2, 0.25) is 0 Å². The minimum absolute atomic E-state index is 0.133. The zero-order chi connectivity index (χ0) is 29.9. The summed E-state index contributed by atoms with van der Waals surface area (Å²) < 4.78 is 10.8. The van der Waals surface area contributed by atoms with Crippen molar-refractivity contribution in [3.63, 3.8) is 0 Å². The summed E-state index contributed by atoms with van der Waals surface area (Å²) in [5.74, 6) is -0.489. The second-order valence-electron chi connectivity index (χ2n) is 10.4. The van der Waals surface area contributed by atoms with Crippen molar-refractivity contribution >= 4 is 24.6 Å². The van der Waals surface area contributed by atoms with E-state index in [1.54, 1.807) is 27.2 Å². The Labute approximate surface area is 242 Å². The first-order chi connectivity index (χ1) is 19.6. The van der Waals surface area contributed by atoms with Gasteiger partial charge in [-0.05, 0) is 60.2 Å². The normalized spacial score (nSPS) is 13.1. The third kappa shape index (κ3) is 9.26. The van der Waals surface area contributed by atoms with Crippen LogP contribution >= 0.6 is 0 Å². The van der Waals surface area contributed by atoms with Gasteiger partial charge in [-0.2, -0.15) is 0 Å². The first-order valence-corrected chi connectivity index (χ1v) is 13.7. The van der Waals surface area contributed by atoms with Crippen LogP contribution in [0.5, 0.6) is 11.5 Å². The van der Waals surface area contributed by atoms with Crippen LogP contribution in [-0.4, -0.2) is 61.2 Å². The number of hydrogen-bond acceptors (Lipinski definition) is 7. The zero-order valence-corrected chi connectivity index (χ0v) is 24.3. The summed E-state index contributed by atoms with van der Waals surface area (Å²) in [4.78, 5) is 26.5. The number of amides is 2. The Balaban J connectivity index is 1.83. The van der Waals surface area contributed by atoms with Crippen molar-refractivity contribution in [2.24, 2.45) is 5.92 Å². The third-order valence-corrected chi connectivity index (χ3v) is 6.68. The second kappa shape index (κ2) is 15.1. The molecule has 218 valence electrons. The van der Waals surface area contributed by atoms with E-state index in [0.29, 0.717) is 24.3 Å². The van der Waals surface area contributed by atoms with Crippen molar-refractivity contribution in [3.05, 3.63) is 78.4 Å². The summed E-state index contributed by atoms with van der Waals surface area (Å²) in [7, 11) is 1.40. The average molecular weight is 561 g/mol. The van der Waals surface area contributed by atoms with Gasteiger partial charge in [-0.25, -0.2) is 0 Å². The lowest BCUT2D eigenvalue weighted by atomic mass is 9.75. The Morgan fingerprint density at radius 3 is 2.12 bits per heavy atom. The van der Waals surface area contributed by atoms with Crippen LogP contribution in [-0.2, 0) is 16.0 Å². The van der Waals surface area contributed by atoms with Gasteiger partial charge in [-0.15, -0.1) is 0 Å². The number of carbonyl (C=O) groups excluding carboxylic acids is 2. The van der Waals surface area contributed by atoms with E-state index >= 15 is 0 Å². The van der Waals surface area contributed by atoms with Crippen molar-refractivity contribution < 1.29 is 29.1 Å². The van der Waals surface area contributed by atoms with Gasteiger partial charge < -0.3 is 35.5 Å². The van der Waals surface area contributed by atoms with Crippen molar-refractivity contribution in [1.29, 1.82) is 0 Å². The van der Waals surface area contributed by atoms with Crippen LogP contribution < -0.4 is 25.4 Å². The fraction of sp³-hybridized carbons (Fsp3) is 0.355. The average Bonchev–Trinajstić information content (AvgIpc) is 2.96. The van der Waals surface area contributed by atoms with Crippen molar-refractivity contribution in [2.75, 3.05) is 19.5 Å². The molecule has 0 spiro atoms. The minimum Gasteiger partial charge on any atom is -0.493 e. The Morgan fingerprint density at radius 1 is 0.805 bits per heavy atom. The molecule has 3 atom stereocenters. The smallest absolute Gasteiger partial charge is 0.475 e. The van der Waals surface area contributed by atoms with Gasteiger partial charge >= 0.3 is 7.12 Å². The monoisotopic (exact) mass is 561 g/mol. The van der Waals surface area contributed by atoms with Crippen LogP contribution in [0.3, 0.4) is 0 Å². The summed E-state index contributed by atoms with van der Waals surface area (Å²) in [5.41, 5.74) is 3.60. The molecule has 3 rings (SSSR count). The molecule has 0 aliphatic heterocycles. The summed E-state index contributed by atoms with van der Waals surface area (Å²) in [6, 6.07) is 21.5. The summed E-state index contributed by atoms with van der Waals surface area (Å²) in [5, 5.41) is 28.2. The van der Waals surface area contributed by atoms with Crippen molar-refractivity contribution in [3.8, 4) is 22.6 Å². The number of benzene rings is 3.